The Morgan fingerprint density at radius 2 is 2.40 bits per heavy atom. The molecule has 2 N–H and O–H groups in total. The summed E-state index contributed by atoms with van der Waals surface area (Å²) in [6.07, 6.45) is 0. The van der Waals surface area contributed by atoms with Crippen molar-refractivity contribution in [1.29, 1.82) is 0 Å². The quantitative estimate of drug-likeness (QED) is 0.311. The Morgan fingerprint density at radius 1 is 1.80 bits per heavy atom. The predicted molar refractivity (Wildman–Crippen MR) is 25.8 cm³/mol. The second-order valence-electron chi connectivity index (χ2n) is 0.493. The third-order valence-corrected chi connectivity index (χ3v) is 0.339. The zero-order valence-corrected chi connectivity index (χ0v) is 3.63. The number of rotatable bonds is 0. The van der Waals surface area contributed by atoms with Gasteiger partial charge in [-0.1, -0.05) is 18.5 Å². The van der Waals surface area contributed by atoms with Crippen LogP contribution in [0.25, 0.3) is 0 Å². The van der Waals surface area contributed by atoms with E-state index in [2.05, 4.69) is 23.8 Å². The van der Waals surface area contributed by atoms with E-state index in [9.17, 15) is 0 Å². The molecule has 0 unspecified atom stereocenters. The minimum Gasteiger partial charge on any atom is -0.320 e. The summed E-state index contributed by atoms with van der Waals surface area (Å²) >= 11 is 3.56. The number of thiol groups is 1. The zero-order chi connectivity index (χ0) is 4.12. The van der Waals surface area contributed by atoms with Gasteiger partial charge in [-0.3, -0.25) is 0 Å². The Labute approximate surface area is 37.0 Å². The Kier molecular flexibility index (Phi) is 3.77. The van der Waals surface area contributed by atoms with Gasteiger partial charge < -0.3 is 5.73 Å². The highest BCUT2D eigenvalue weighted by molar-refractivity contribution is 7.85. The molecular weight excluding hydrogens is 82.1 g/mol. The van der Waals surface area contributed by atoms with Crippen LogP contribution in [0.3, 0.4) is 0 Å². The maximum atomic E-state index is 4.92. The van der Waals surface area contributed by atoms with E-state index in [0.29, 0.717) is 6.54 Å². The van der Waals surface area contributed by atoms with Gasteiger partial charge in [0.2, 0.25) is 0 Å². The molecule has 0 saturated carbocycles. The van der Waals surface area contributed by atoms with Gasteiger partial charge in [0.25, 0.3) is 0 Å². The van der Waals surface area contributed by atoms with E-state index < -0.39 is 0 Å². The van der Waals surface area contributed by atoms with E-state index in [0.717, 1.165) is 0 Å². The third-order valence-electron chi connectivity index (χ3n) is 0.181. The molecule has 0 saturated heterocycles. The predicted octanol–water partition coefficient (Wildman–Crippen LogP) is -0.164. The van der Waals surface area contributed by atoms with Gasteiger partial charge in [0, 0.05) is 0 Å². The zero-order valence-electron chi connectivity index (χ0n) is 2.73. The van der Waals surface area contributed by atoms with E-state index >= 15 is 0 Å². The molecule has 5 heavy (non-hydrogen) atoms. The van der Waals surface area contributed by atoms with Gasteiger partial charge in [0.1, 0.15) is 0 Å². The third kappa shape index (κ3) is 3.87. The number of nitrogens with two attached hydrogens (primary N) is 1. The van der Waals surface area contributed by atoms with Crippen molar-refractivity contribution in [3.05, 3.63) is 0 Å². The fraction of sp³-hybridized carbons (Fsp3) is 0.333. The van der Waals surface area contributed by atoms with Crippen LogP contribution in [-0.4, -0.2) is 6.54 Å². The largest absolute Gasteiger partial charge is 0.320 e. The number of hydrogen-bond acceptors (Lipinski definition) is 2. The molecule has 0 aromatic rings. The minimum absolute atomic E-state index is 0.406. The lowest BCUT2D eigenvalue weighted by molar-refractivity contribution is 1.30. The smallest absolute Gasteiger partial charge is 0.0560 e. The Balaban J connectivity index is 2.81. The lowest BCUT2D eigenvalue weighted by Crippen LogP contribution is -1.91. The van der Waals surface area contributed by atoms with Crippen molar-refractivity contribution in [2.45, 2.75) is 0 Å². The Hall–Kier alpha value is -0.130. The first kappa shape index (κ1) is 4.87. The lowest BCUT2D eigenvalue weighted by Gasteiger charge is -1.60. The summed E-state index contributed by atoms with van der Waals surface area (Å²) in [6.45, 7) is 0.406. The lowest BCUT2D eigenvalue weighted by atomic mass is 10.7. The second kappa shape index (κ2) is 3.87. The van der Waals surface area contributed by atoms with Crippen molar-refractivity contribution in [2.75, 3.05) is 6.54 Å². The van der Waals surface area contributed by atoms with Crippen LogP contribution in [0.2, 0.25) is 0 Å². The maximum absolute atomic E-state index is 4.92. The highest BCUT2D eigenvalue weighted by Crippen LogP contribution is 1.54. The van der Waals surface area contributed by atoms with Crippen molar-refractivity contribution in [3.63, 3.8) is 0 Å². The topological polar surface area (TPSA) is 26.0 Å². The summed E-state index contributed by atoms with van der Waals surface area (Å²) in [5.74, 6) is 2.50. The molecule has 0 aliphatic rings. The highest BCUT2D eigenvalue weighted by atomic mass is 32.1. The van der Waals surface area contributed by atoms with E-state index in [1.165, 1.54) is 0 Å². The summed E-state index contributed by atoms with van der Waals surface area (Å²) in [6, 6.07) is 0. The summed E-state index contributed by atoms with van der Waals surface area (Å²) in [5, 5.41) is 2.34. The van der Waals surface area contributed by atoms with Gasteiger partial charge in [-0.25, -0.2) is 0 Å². The molecule has 2 heteroatoms. The van der Waals surface area contributed by atoms with E-state index in [-0.39, 0.29) is 0 Å². The first-order valence-corrected chi connectivity index (χ1v) is 1.68. The molecule has 0 amide bonds. The van der Waals surface area contributed by atoms with Gasteiger partial charge in [0.15, 0.2) is 0 Å². The van der Waals surface area contributed by atoms with Gasteiger partial charge in [-0.2, -0.15) is 0 Å². The Bertz CT molecular complexity index is 59.0. The van der Waals surface area contributed by atoms with Crippen molar-refractivity contribution in [2.24, 2.45) is 5.73 Å². The summed E-state index contributed by atoms with van der Waals surface area (Å²) in [7, 11) is 0. The van der Waals surface area contributed by atoms with Gasteiger partial charge in [0.05, 0.1) is 6.54 Å². The average Bonchev–Trinajstić information content (AvgIpc) is 1.41. The normalized spacial score (nSPS) is 5.20. The molecule has 0 spiro atoms. The van der Waals surface area contributed by atoms with Crippen molar-refractivity contribution in [1.82, 2.24) is 0 Å². The van der Waals surface area contributed by atoms with E-state index in [4.69, 9.17) is 5.73 Å². The highest BCUT2D eigenvalue weighted by Gasteiger charge is 1.47. The van der Waals surface area contributed by atoms with Crippen molar-refractivity contribution < 1.29 is 0 Å². The fourth-order valence-electron chi connectivity index (χ4n) is 0.0456. The van der Waals surface area contributed by atoms with Gasteiger partial charge in [-0.15, -0.1) is 0 Å². The molecule has 0 aromatic heterocycles. The monoisotopic (exact) mass is 87.0 g/mol. The van der Waals surface area contributed by atoms with Crippen molar-refractivity contribution in [3.8, 4) is 11.2 Å². The molecule has 0 aromatic carbocycles. The minimum atomic E-state index is 0.406. The average molecular weight is 87.1 g/mol. The van der Waals surface area contributed by atoms with Crippen LogP contribution in [0.1, 0.15) is 0 Å². The van der Waals surface area contributed by atoms with Crippen molar-refractivity contribution >= 4 is 12.6 Å². The molecule has 0 aliphatic carbocycles. The molecule has 28 valence electrons. The first-order chi connectivity index (χ1) is 2.41. The van der Waals surface area contributed by atoms with E-state index in [1.54, 1.807) is 0 Å². The standard InChI is InChI=1S/C3H5NS/c4-2-1-3-5/h5H,2,4H2. The van der Waals surface area contributed by atoms with Crippen LogP contribution in [0.15, 0.2) is 0 Å². The molecule has 0 fully saturated rings. The molecule has 0 radical (unpaired) electrons. The van der Waals surface area contributed by atoms with Crippen LogP contribution in [-0.2, 0) is 0 Å². The van der Waals surface area contributed by atoms with E-state index in [1.807, 2.05) is 0 Å². The molecule has 1 nitrogen and oxygen atoms in total. The van der Waals surface area contributed by atoms with Gasteiger partial charge in [-0.05, 0) is 5.25 Å². The van der Waals surface area contributed by atoms with Crippen LogP contribution in [0, 0.1) is 11.2 Å². The molecular formula is C3H5NS. The summed E-state index contributed by atoms with van der Waals surface area (Å²) < 4.78 is 0. The van der Waals surface area contributed by atoms with Crippen LogP contribution in [0.5, 0.6) is 0 Å². The van der Waals surface area contributed by atoms with Crippen LogP contribution >= 0.6 is 12.6 Å². The number of hydrogen-bond donors (Lipinski definition) is 2. The maximum Gasteiger partial charge on any atom is 0.0560 e. The molecule has 0 heterocycles. The first-order valence-electron chi connectivity index (χ1n) is 1.24. The SMILES string of the molecule is NCC#CS. The van der Waals surface area contributed by atoms with Crippen LogP contribution < -0.4 is 5.73 Å². The summed E-state index contributed by atoms with van der Waals surface area (Å²) in [5.41, 5.74) is 4.92. The van der Waals surface area contributed by atoms with Crippen LogP contribution in [0.4, 0.5) is 0 Å². The fourth-order valence-corrected chi connectivity index (χ4v) is 0.137. The molecule has 0 bridgehead atoms. The second-order valence-corrected chi connectivity index (χ2v) is 0.716. The molecule has 0 rings (SSSR count). The summed E-state index contributed by atoms with van der Waals surface area (Å²) in [4.78, 5) is 0. The molecule has 0 aliphatic heterocycles. The Morgan fingerprint density at radius 3 is 2.40 bits per heavy atom. The molecule has 0 atom stereocenters. The van der Waals surface area contributed by atoms with Gasteiger partial charge >= 0.3 is 0 Å².